The number of benzene rings is 1. The summed E-state index contributed by atoms with van der Waals surface area (Å²) in [4.78, 5) is 11.7. The average Bonchev–Trinajstić information content (AvgIpc) is 2.38. The molecule has 0 aliphatic heterocycles. The van der Waals surface area contributed by atoms with Gasteiger partial charge in [-0.15, -0.1) is 0 Å². The zero-order chi connectivity index (χ0) is 13.0. The predicted molar refractivity (Wildman–Crippen MR) is 67.7 cm³/mol. The monoisotopic (exact) mass is 248 g/mol. The summed E-state index contributed by atoms with van der Waals surface area (Å²) in [5.74, 6) is -0.261. The average molecular weight is 248 g/mol. The van der Waals surface area contributed by atoms with E-state index in [9.17, 15) is 9.18 Å². The van der Waals surface area contributed by atoms with E-state index in [0.29, 0.717) is 18.4 Å². The van der Waals surface area contributed by atoms with Gasteiger partial charge in [-0.2, -0.15) is 0 Å². The van der Waals surface area contributed by atoms with E-state index in [1.807, 2.05) is 0 Å². The smallest absolute Gasteiger partial charge is 0.341 e. The molecular weight excluding hydrogens is 231 g/mol. The Labute approximate surface area is 106 Å². The number of allylic oxidation sites excluding steroid dienone is 2. The van der Waals surface area contributed by atoms with Crippen LogP contribution >= 0.6 is 0 Å². The van der Waals surface area contributed by atoms with Gasteiger partial charge in [-0.3, -0.25) is 0 Å². The van der Waals surface area contributed by atoms with E-state index in [2.05, 4.69) is 19.1 Å². The van der Waals surface area contributed by atoms with Gasteiger partial charge in [-0.1, -0.05) is 31.2 Å². The van der Waals surface area contributed by atoms with E-state index in [-0.39, 0.29) is 5.56 Å². The molecule has 0 fully saturated rings. The SMILES string of the molecule is CC1CC=CCC1COC(=O)c1ccccc1F. The Bertz CT molecular complexity index is 454. The number of halogens is 1. The fourth-order valence-corrected chi connectivity index (χ4v) is 2.13. The summed E-state index contributed by atoms with van der Waals surface area (Å²) in [6.45, 7) is 2.50. The third-order valence-electron chi connectivity index (χ3n) is 3.44. The van der Waals surface area contributed by atoms with E-state index in [1.165, 1.54) is 12.1 Å². The van der Waals surface area contributed by atoms with Crippen LogP contribution in [0.5, 0.6) is 0 Å². The van der Waals surface area contributed by atoms with E-state index in [4.69, 9.17) is 4.74 Å². The molecule has 0 spiro atoms. The van der Waals surface area contributed by atoms with Crippen molar-refractivity contribution in [3.63, 3.8) is 0 Å². The molecule has 1 aromatic carbocycles. The van der Waals surface area contributed by atoms with Gasteiger partial charge in [0.25, 0.3) is 0 Å². The lowest BCUT2D eigenvalue weighted by Crippen LogP contribution is -2.22. The first kappa shape index (κ1) is 12.8. The topological polar surface area (TPSA) is 26.3 Å². The van der Waals surface area contributed by atoms with Crippen molar-refractivity contribution in [1.82, 2.24) is 0 Å². The highest BCUT2D eigenvalue weighted by Gasteiger charge is 2.21. The second kappa shape index (κ2) is 5.80. The summed E-state index contributed by atoms with van der Waals surface area (Å²) in [7, 11) is 0. The molecule has 0 saturated heterocycles. The van der Waals surface area contributed by atoms with Gasteiger partial charge in [0.15, 0.2) is 0 Å². The summed E-state index contributed by atoms with van der Waals surface area (Å²) >= 11 is 0. The maximum absolute atomic E-state index is 13.4. The molecule has 0 N–H and O–H groups in total. The fourth-order valence-electron chi connectivity index (χ4n) is 2.13. The van der Waals surface area contributed by atoms with E-state index in [1.54, 1.807) is 12.1 Å². The standard InChI is InChI=1S/C15H17FO2/c1-11-6-2-3-7-12(11)10-18-15(17)13-8-4-5-9-14(13)16/h2-5,8-9,11-12H,6-7,10H2,1H3. The number of carbonyl (C=O) groups excluding carboxylic acids is 1. The lowest BCUT2D eigenvalue weighted by atomic mass is 9.85. The number of rotatable bonds is 3. The summed E-state index contributed by atoms with van der Waals surface area (Å²) in [5, 5.41) is 0. The molecule has 96 valence electrons. The Morgan fingerprint density at radius 1 is 1.33 bits per heavy atom. The van der Waals surface area contributed by atoms with Gasteiger partial charge in [0.1, 0.15) is 5.82 Å². The molecule has 3 heteroatoms. The molecule has 18 heavy (non-hydrogen) atoms. The van der Waals surface area contributed by atoms with E-state index >= 15 is 0 Å². The number of hydrogen-bond acceptors (Lipinski definition) is 2. The van der Waals surface area contributed by atoms with Crippen LogP contribution in [-0.4, -0.2) is 12.6 Å². The molecule has 0 bridgehead atoms. The third kappa shape index (κ3) is 2.97. The van der Waals surface area contributed by atoms with Crippen molar-refractivity contribution in [2.24, 2.45) is 11.8 Å². The highest BCUT2D eigenvalue weighted by atomic mass is 19.1. The van der Waals surface area contributed by atoms with E-state index in [0.717, 1.165) is 12.8 Å². The third-order valence-corrected chi connectivity index (χ3v) is 3.44. The van der Waals surface area contributed by atoms with Crippen molar-refractivity contribution in [1.29, 1.82) is 0 Å². The maximum atomic E-state index is 13.4. The van der Waals surface area contributed by atoms with Gasteiger partial charge in [-0.25, -0.2) is 9.18 Å². The van der Waals surface area contributed by atoms with Crippen LogP contribution in [0.3, 0.4) is 0 Å². The Hall–Kier alpha value is -1.64. The predicted octanol–water partition coefficient (Wildman–Crippen LogP) is 3.58. The molecule has 0 heterocycles. The normalized spacial score (nSPS) is 22.8. The second-order valence-corrected chi connectivity index (χ2v) is 4.76. The molecule has 2 unspecified atom stereocenters. The van der Waals surface area contributed by atoms with Crippen LogP contribution in [0, 0.1) is 17.7 Å². The molecule has 2 atom stereocenters. The van der Waals surface area contributed by atoms with Gasteiger partial charge < -0.3 is 4.74 Å². The second-order valence-electron chi connectivity index (χ2n) is 4.76. The first-order chi connectivity index (χ1) is 8.68. The Balaban J connectivity index is 1.92. The largest absolute Gasteiger partial charge is 0.462 e. The minimum atomic E-state index is -0.574. The zero-order valence-corrected chi connectivity index (χ0v) is 10.4. The molecule has 0 saturated carbocycles. The van der Waals surface area contributed by atoms with Crippen LogP contribution < -0.4 is 0 Å². The molecule has 0 amide bonds. The lowest BCUT2D eigenvalue weighted by Gasteiger charge is -2.24. The van der Waals surface area contributed by atoms with Gasteiger partial charge in [0.05, 0.1) is 12.2 Å². The van der Waals surface area contributed by atoms with Gasteiger partial charge >= 0.3 is 5.97 Å². The quantitative estimate of drug-likeness (QED) is 0.603. The van der Waals surface area contributed by atoms with Crippen molar-refractivity contribution in [2.75, 3.05) is 6.61 Å². The van der Waals surface area contributed by atoms with Crippen molar-refractivity contribution in [3.8, 4) is 0 Å². The number of carbonyl (C=O) groups is 1. The molecule has 1 aromatic rings. The Morgan fingerprint density at radius 3 is 2.78 bits per heavy atom. The number of ether oxygens (including phenoxy) is 1. The summed E-state index contributed by atoms with van der Waals surface area (Å²) in [5.41, 5.74) is 0.0107. The van der Waals surface area contributed by atoms with Gasteiger partial charge in [0, 0.05) is 0 Å². The van der Waals surface area contributed by atoms with Gasteiger partial charge in [0.2, 0.25) is 0 Å². The van der Waals surface area contributed by atoms with Crippen LogP contribution in [0.25, 0.3) is 0 Å². The molecule has 2 rings (SSSR count). The number of esters is 1. The van der Waals surface area contributed by atoms with Crippen molar-refractivity contribution >= 4 is 5.97 Å². The molecule has 2 nitrogen and oxygen atoms in total. The summed E-state index contributed by atoms with van der Waals surface area (Å²) in [6.07, 6.45) is 6.20. The van der Waals surface area contributed by atoms with Crippen molar-refractivity contribution in [2.45, 2.75) is 19.8 Å². The highest BCUT2D eigenvalue weighted by Crippen LogP contribution is 2.25. The Morgan fingerprint density at radius 2 is 2.06 bits per heavy atom. The van der Waals surface area contributed by atoms with Crippen LogP contribution in [0.1, 0.15) is 30.1 Å². The summed E-state index contributed by atoms with van der Waals surface area (Å²) in [6, 6.07) is 5.90. The summed E-state index contributed by atoms with van der Waals surface area (Å²) < 4.78 is 18.6. The minimum absolute atomic E-state index is 0.0107. The van der Waals surface area contributed by atoms with E-state index < -0.39 is 11.8 Å². The van der Waals surface area contributed by atoms with Crippen LogP contribution in [0.2, 0.25) is 0 Å². The molecule has 1 aliphatic carbocycles. The lowest BCUT2D eigenvalue weighted by molar-refractivity contribution is 0.0390. The van der Waals surface area contributed by atoms with Crippen molar-refractivity contribution in [3.05, 3.63) is 47.8 Å². The first-order valence-electron chi connectivity index (χ1n) is 6.25. The molecular formula is C15H17FO2. The van der Waals surface area contributed by atoms with Crippen LogP contribution in [-0.2, 0) is 4.74 Å². The van der Waals surface area contributed by atoms with Crippen molar-refractivity contribution < 1.29 is 13.9 Å². The van der Waals surface area contributed by atoms with Crippen LogP contribution in [0.15, 0.2) is 36.4 Å². The molecule has 0 aromatic heterocycles. The maximum Gasteiger partial charge on any atom is 0.341 e. The minimum Gasteiger partial charge on any atom is -0.462 e. The Kier molecular flexibility index (Phi) is 4.13. The highest BCUT2D eigenvalue weighted by molar-refractivity contribution is 5.89. The molecule has 0 radical (unpaired) electrons. The van der Waals surface area contributed by atoms with Crippen LogP contribution in [0.4, 0.5) is 4.39 Å². The van der Waals surface area contributed by atoms with Gasteiger partial charge in [-0.05, 0) is 36.8 Å². The molecule has 1 aliphatic rings. The zero-order valence-electron chi connectivity index (χ0n) is 10.4. The fraction of sp³-hybridized carbons (Fsp3) is 0.400. The first-order valence-corrected chi connectivity index (χ1v) is 6.25. The number of hydrogen-bond donors (Lipinski definition) is 0.